The van der Waals surface area contributed by atoms with E-state index in [1.807, 2.05) is 6.26 Å². The Hall–Kier alpha value is -0.840. The Morgan fingerprint density at radius 2 is 2.29 bits per heavy atom. The van der Waals surface area contributed by atoms with Crippen LogP contribution in [-0.4, -0.2) is 48.1 Å². The van der Waals surface area contributed by atoms with Gasteiger partial charge in [0, 0.05) is 37.3 Å². The summed E-state index contributed by atoms with van der Waals surface area (Å²) >= 11 is 0. The number of nitrogens with zero attached hydrogens (tertiary/aromatic N) is 2. The first-order valence-corrected chi connectivity index (χ1v) is 8.52. The summed E-state index contributed by atoms with van der Waals surface area (Å²) in [7, 11) is 0. The summed E-state index contributed by atoms with van der Waals surface area (Å²) in [4.78, 5) is 5.28. The smallest absolute Gasteiger partial charge is 0.122 e. The average molecular weight is 291 g/mol. The van der Waals surface area contributed by atoms with Crippen molar-refractivity contribution in [2.45, 2.75) is 58.3 Å². The third-order valence-electron chi connectivity index (χ3n) is 4.99. The minimum atomic E-state index is 0.626. The maximum Gasteiger partial charge on any atom is 0.122 e. The first-order valence-electron chi connectivity index (χ1n) is 8.52. The minimum absolute atomic E-state index is 0.626. The van der Waals surface area contributed by atoms with Gasteiger partial charge in [-0.3, -0.25) is 9.80 Å². The van der Waals surface area contributed by atoms with Gasteiger partial charge in [-0.2, -0.15) is 0 Å². The second-order valence-electron chi connectivity index (χ2n) is 6.62. The lowest BCUT2D eigenvalue weighted by molar-refractivity contribution is 0.0491. The third-order valence-corrected chi connectivity index (χ3v) is 4.99. The summed E-state index contributed by atoms with van der Waals surface area (Å²) in [6.07, 6.45) is 5.76. The van der Waals surface area contributed by atoms with E-state index in [0.717, 1.165) is 31.4 Å². The fourth-order valence-corrected chi connectivity index (χ4v) is 3.72. The van der Waals surface area contributed by atoms with Crippen LogP contribution in [-0.2, 0) is 13.1 Å². The first-order chi connectivity index (χ1) is 10.3. The summed E-state index contributed by atoms with van der Waals surface area (Å²) in [5.41, 5.74) is 1.32. The minimum Gasteiger partial charge on any atom is -0.468 e. The van der Waals surface area contributed by atoms with Crippen LogP contribution in [0.2, 0.25) is 0 Å². The lowest BCUT2D eigenvalue weighted by Gasteiger charge is -2.42. The van der Waals surface area contributed by atoms with Crippen molar-refractivity contribution in [3.63, 3.8) is 0 Å². The summed E-state index contributed by atoms with van der Waals surface area (Å²) in [5, 5.41) is 3.48. The topological polar surface area (TPSA) is 31.7 Å². The molecule has 2 atom stereocenters. The molecule has 21 heavy (non-hydrogen) atoms. The molecule has 118 valence electrons. The van der Waals surface area contributed by atoms with Crippen LogP contribution in [0.15, 0.2) is 16.7 Å². The van der Waals surface area contributed by atoms with Crippen LogP contribution in [0.25, 0.3) is 0 Å². The van der Waals surface area contributed by atoms with Gasteiger partial charge in [0.25, 0.3) is 0 Å². The summed E-state index contributed by atoms with van der Waals surface area (Å²) < 4.78 is 5.76. The Kier molecular flexibility index (Phi) is 4.99. The van der Waals surface area contributed by atoms with Gasteiger partial charge in [-0.25, -0.2) is 0 Å². The fraction of sp³-hybridized carbons (Fsp3) is 0.765. The van der Waals surface area contributed by atoms with Gasteiger partial charge in [-0.1, -0.05) is 6.92 Å². The van der Waals surface area contributed by atoms with Gasteiger partial charge in [-0.15, -0.1) is 0 Å². The molecule has 3 rings (SSSR count). The number of rotatable bonds is 6. The molecule has 0 spiro atoms. The van der Waals surface area contributed by atoms with Gasteiger partial charge in [0.05, 0.1) is 12.8 Å². The number of fused-ring (bicyclic) bond motifs is 1. The van der Waals surface area contributed by atoms with Gasteiger partial charge in [0.15, 0.2) is 0 Å². The average Bonchev–Trinajstić information content (AvgIpc) is 3.09. The van der Waals surface area contributed by atoms with Crippen LogP contribution < -0.4 is 5.32 Å². The highest BCUT2D eigenvalue weighted by atomic mass is 16.3. The molecule has 2 saturated heterocycles. The van der Waals surface area contributed by atoms with E-state index in [4.69, 9.17) is 4.42 Å². The molecule has 2 unspecified atom stereocenters. The second kappa shape index (κ2) is 6.95. The first kappa shape index (κ1) is 15.1. The van der Waals surface area contributed by atoms with Crippen LogP contribution in [0.1, 0.15) is 44.4 Å². The number of hydrogen-bond acceptors (Lipinski definition) is 4. The van der Waals surface area contributed by atoms with Gasteiger partial charge in [0.1, 0.15) is 5.76 Å². The maximum absolute atomic E-state index is 5.76. The molecule has 1 N–H and O–H groups in total. The highest BCUT2D eigenvalue weighted by Crippen LogP contribution is 2.26. The molecule has 0 amide bonds. The van der Waals surface area contributed by atoms with Crippen molar-refractivity contribution >= 4 is 0 Å². The van der Waals surface area contributed by atoms with E-state index < -0.39 is 0 Å². The van der Waals surface area contributed by atoms with Crippen molar-refractivity contribution in [3.05, 3.63) is 23.7 Å². The molecule has 0 saturated carbocycles. The third kappa shape index (κ3) is 3.50. The molecule has 0 aliphatic carbocycles. The predicted molar refractivity (Wildman–Crippen MR) is 85.2 cm³/mol. The number of hydrogen-bond donors (Lipinski definition) is 1. The Morgan fingerprint density at radius 3 is 3.14 bits per heavy atom. The lowest BCUT2D eigenvalue weighted by atomic mass is 10.1. The largest absolute Gasteiger partial charge is 0.468 e. The zero-order valence-corrected chi connectivity index (χ0v) is 13.5. The van der Waals surface area contributed by atoms with Gasteiger partial charge < -0.3 is 9.73 Å². The van der Waals surface area contributed by atoms with Crippen LogP contribution >= 0.6 is 0 Å². The Balaban J connectivity index is 1.59. The number of furan rings is 1. The maximum atomic E-state index is 5.76. The fourth-order valence-electron chi connectivity index (χ4n) is 3.72. The van der Waals surface area contributed by atoms with E-state index in [2.05, 4.69) is 35.0 Å². The second-order valence-corrected chi connectivity index (χ2v) is 6.62. The molecule has 0 bridgehead atoms. The molecular weight excluding hydrogens is 262 g/mol. The molecule has 0 aromatic carbocycles. The molecular formula is C17H29N3O. The molecule has 1 aromatic rings. The van der Waals surface area contributed by atoms with E-state index in [1.165, 1.54) is 44.5 Å². The lowest BCUT2D eigenvalue weighted by Crippen LogP contribution is -2.54. The monoisotopic (exact) mass is 291 g/mol. The summed E-state index contributed by atoms with van der Waals surface area (Å²) in [6, 6.07) is 3.52. The van der Waals surface area contributed by atoms with Crippen molar-refractivity contribution in [2.75, 3.05) is 26.2 Å². The zero-order chi connectivity index (χ0) is 14.7. The standard InChI is InChI=1S/C17H29N3O/c1-3-7-18-10-15-6-9-21-17(15)13-20-12-16-5-4-8-19(16)11-14(20)2/h6,9,14,16,18H,3-5,7-8,10-13H2,1-2H3. The van der Waals surface area contributed by atoms with E-state index in [-0.39, 0.29) is 0 Å². The van der Waals surface area contributed by atoms with Crippen LogP contribution in [0, 0.1) is 0 Å². The van der Waals surface area contributed by atoms with Gasteiger partial charge >= 0.3 is 0 Å². The van der Waals surface area contributed by atoms with Crippen LogP contribution in [0.5, 0.6) is 0 Å². The summed E-state index contributed by atoms with van der Waals surface area (Å²) in [6.45, 7) is 11.2. The molecule has 1 aromatic heterocycles. The zero-order valence-electron chi connectivity index (χ0n) is 13.5. The van der Waals surface area contributed by atoms with Crippen molar-refractivity contribution in [1.29, 1.82) is 0 Å². The van der Waals surface area contributed by atoms with Crippen molar-refractivity contribution in [1.82, 2.24) is 15.1 Å². The van der Waals surface area contributed by atoms with Gasteiger partial charge in [-0.05, 0) is 45.3 Å². The molecule has 0 radical (unpaired) electrons. The number of nitrogens with one attached hydrogen (secondary N) is 1. The molecule has 2 fully saturated rings. The van der Waals surface area contributed by atoms with E-state index >= 15 is 0 Å². The van der Waals surface area contributed by atoms with Gasteiger partial charge in [0.2, 0.25) is 0 Å². The normalized spacial score (nSPS) is 27.1. The van der Waals surface area contributed by atoms with Crippen LogP contribution in [0.4, 0.5) is 0 Å². The van der Waals surface area contributed by atoms with Crippen molar-refractivity contribution in [2.24, 2.45) is 0 Å². The molecule has 4 nitrogen and oxygen atoms in total. The molecule has 2 aliphatic rings. The van der Waals surface area contributed by atoms with E-state index in [9.17, 15) is 0 Å². The highest BCUT2D eigenvalue weighted by molar-refractivity contribution is 5.17. The predicted octanol–water partition coefficient (Wildman–Crippen LogP) is 2.45. The van der Waals surface area contributed by atoms with Crippen molar-refractivity contribution in [3.8, 4) is 0 Å². The van der Waals surface area contributed by atoms with E-state index in [0.29, 0.717) is 6.04 Å². The molecule has 4 heteroatoms. The quantitative estimate of drug-likeness (QED) is 0.816. The molecule has 2 aliphatic heterocycles. The van der Waals surface area contributed by atoms with Crippen molar-refractivity contribution < 1.29 is 4.42 Å². The Bertz CT molecular complexity index is 445. The summed E-state index contributed by atoms with van der Waals surface area (Å²) in [5.74, 6) is 1.15. The highest BCUT2D eigenvalue weighted by Gasteiger charge is 2.34. The van der Waals surface area contributed by atoms with Crippen LogP contribution in [0.3, 0.4) is 0 Å². The number of piperazine rings is 1. The van der Waals surface area contributed by atoms with E-state index in [1.54, 1.807) is 0 Å². The molecule has 3 heterocycles. The Morgan fingerprint density at radius 1 is 1.38 bits per heavy atom. The SMILES string of the molecule is CCCNCc1ccoc1CN1CC2CCCN2CC1C. The Labute approximate surface area is 128 Å².